The van der Waals surface area contributed by atoms with Crippen molar-refractivity contribution in [3.8, 4) is 0 Å². The summed E-state index contributed by atoms with van der Waals surface area (Å²) in [6.07, 6.45) is 3.67. The molecule has 3 aliphatic rings. The van der Waals surface area contributed by atoms with Crippen LogP contribution in [0.3, 0.4) is 0 Å². The second kappa shape index (κ2) is 2.88. The van der Waals surface area contributed by atoms with Crippen LogP contribution in [0.15, 0.2) is 12.1 Å². The zero-order chi connectivity index (χ0) is 11.6. The van der Waals surface area contributed by atoms with Crippen molar-refractivity contribution in [1.82, 2.24) is 5.43 Å². The van der Waals surface area contributed by atoms with Gasteiger partial charge < -0.3 is 0 Å². The molecule has 0 aliphatic heterocycles. The quantitative estimate of drug-likeness (QED) is 0.588. The van der Waals surface area contributed by atoms with Crippen LogP contribution < -0.4 is 11.3 Å². The molecule has 2 bridgehead atoms. The molecule has 3 aliphatic carbocycles. The van der Waals surface area contributed by atoms with E-state index in [-0.39, 0.29) is 5.54 Å². The molecule has 1 aromatic carbocycles. The Bertz CT molecular complexity index is 419. The largest absolute Gasteiger partial charge is 0.271 e. The van der Waals surface area contributed by atoms with Gasteiger partial charge in [0, 0.05) is 11.0 Å². The number of hydrogen-bond acceptors (Lipinski definition) is 2. The maximum atomic E-state index is 5.59. The van der Waals surface area contributed by atoms with Gasteiger partial charge in [0.25, 0.3) is 0 Å². The highest BCUT2D eigenvalue weighted by atomic mass is 15.3. The number of hydrazine groups is 1. The van der Waals surface area contributed by atoms with Crippen molar-refractivity contribution >= 4 is 0 Å². The topological polar surface area (TPSA) is 38.0 Å². The molecule has 0 atom stereocenters. The van der Waals surface area contributed by atoms with E-state index in [0.717, 1.165) is 0 Å². The summed E-state index contributed by atoms with van der Waals surface area (Å²) in [6, 6.07) is 4.62. The molecule has 0 amide bonds. The lowest BCUT2D eigenvalue weighted by molar-refractivity contribution is -0.0889. The highest BCUT2D eigenvalue weighted by Crippen LogP contribution is 2.68. The molecule has 3 fully saturated rings. The van der Waals surface area contributed by atoms with Crippen molar-refractivity contribution in [2.45, 2.75) is 51.0 Å². The molecule has 0 unspecified atom stereocenters. The molecule has 0 spiro atoms. The van der Waals surface area contributed by atoms with Crippen molar-refractivity contribution in [3.63, 3.8) is 0 Å². The van der Waals surface area contributed by atoms with Gasteiger partial charge in [0.1, 0.15) is 0 Å². The molecule has 0 radical (unpaired) electrons. The van der Waals surface area contributed by atoms with Crippen molar-refractivity contribution in [1.29, 1.82) is 0 Å². The molecular weight excluding hydrogens is 196 g/mol. The first kappa shape index (κ1) is 10.3. The third-order valence-electron chi connectivity index (χ3n) is 4.54. The fraction of sp³-hybridized carbons (Fsp3) is 0.571. The van der Waals surface area contributed by atoms with E-state index in [4.69, 9.17) is 5.84 Å². The molecule has 3 N–H and O–H groups in total. The summed E-state index contributed by atoms with van der Waals surface area (Å²) < 4.78 is 0. The zero-order valence-electron chi connectivity index (χ0n) is 10.4. The molecule has 2 nitrogen and oxygen atoms in total. The van der Waals surface area contributed by atoms with Crippen molar-refractivity contribution < 1.29 is 0 Å². The van der Waals surface area contributed by atoms with Crippen LogP contribution in [0.1, 0.15) is 41.5 Å². The van der Waals surface area contributed by atoms with Gasteiger partial charge in [-0.3, -0.25) is 11.3 Å². The predicted octanol–water partition coefficient (Wildman–Crippen LogP) is 2.25. The fourth-order valence-corrected chi connectivity index (χ4v) is 4.22. The minimum Gasteiger partial charge on any atom is -0.271 e. The van der Waals surface area contributed by atoms with E-state index >= 15 is 0 Å². The third-order valence-corrected chi connectivity index (χ3v) is 4.54. The smallest absolute Gasteiger partial charge is 0.0346 e. The van der Waals surface area contributed by atoms with Crippen molar-refractivity contribution in [2.75, 3.05) is 0 Å². The number of nitrogens with two attached hydrogens (primary N) is 1. The Balaban J connectivity index is 1.98. The molecule has 86 valence electrons. The molecule has 3 saturated carbocycles. The number of aryl methyl sites for hydroxylation is 3. The summed E-state index contributed by atoms with van der Waals surface area (Å²) in [6.45, 7) is 6.67. The van der Waals surface area contributed by atoms with E-state index < -0.39 is 0 Å². The fourth-order valence-electron chi connectivity index (χ4n) is 4.22. The summed E-state index contributed by atoms with van der Waals surface area (Å²) in [4.78, 5) is 0. The maximum Gasteiger partial charge on any atom is 0.0346 e. The van der Waals surface area contributed by atoms with Gasteiger partial charge in [-0.15, -0.1) is 0 Å². The van der Waals surface area contributed by atoms with Crippen molar-refractivity contribution in [2.24, 2.45) is 5.84 Å². The Kier molecular flexibility index (Phi) is 1.85. The first-order valence-corrected chi connectivity index (χ1v) is 6.06. The van der Waals surface area contributed by atoms with Crippen LogP contribution in [0.4, 0.5) is 0 Å². The predicted molar refractivity (Wildman–Crippen MR) is 66.2 cm³/mol. The first-order chi connectivity index (χ1) is 7.50. The lowest BCUT2D eigenvalue weighted by Gasteiger charge is -2.71. The van der Waals surface area contributed by atoms with E-state index in [9.17, 15) is 0 Å². The number of benzene rings is 1. The molecule has 0 aromatic heterocycles. The molecule has 1 aromatic rings. The van der Waals surface area contributed by atoms with Crippen LogP contribution in [0, 0.1) is 20.8 Å². The normalized spacial score (nSPS) is 35.5. The molecular formula is C14H20N2. The van der Waals surface area contributed by atoms with Gasteiger partial charge in [-0.05, 0) is 56.7 Å². The van der Waals surface area contributed by atoms with Crippen LogP contribution in [0.25, 0.3) is 0 Å². The average molecular weight is 216 g/mol. The highest BCUT2D eigenvalue weighted by molar-refractivity contribution is 5.50. The minimum atomic E-state index is 0.282. The van der Waals surface area contributed by atoms with Crippen LogP contribution >= 0.6 is 0 Å². The Hall–Kier alpha value is -0.860. The lowest BCUT2D eigenvalue weighted by Crippen LogP contribution is -2.77. The van der Waals surface area contributed by atoms with E-state index in [2.05, 4.69) is 38.3 Å². The first-order valence-electron chi connectivity index (χ1n) is 6.06. The minimum absolute atomic E-state index is 0.282. The Labute approximate surface area is 97.2 Å². The number of nitrogens with one attached hydrogen (secondary N) is 1. The van der Waals surface area contributed by atoms with Gasteiger partial charge >= 0.3 is 0 Å². The number of hydrogen-bond donors (Lipinski definition) is 2. The van der Waals surface area contributed by atoms with Gasteiger partial charge in [-0.1, -0.05) is 17.7 Å². The van der Waals surface area contributed by atoms with Gasteiger partial charge in [-0.2, -0.15) is 0 Å². The zero-order valence-corrected chi connectivity index (χ0v) is 10.4. The highest BCUT2D eigenvalue weighted by Gasteiger charge is 2.68. The van der Waals surface area contributed by atoms with Gasteiger partial charge in [0.15, 0.2) is 0 Å². The maximum absolute atomic E-state index is 5.59. The van der Waals surface area contributed by atoms with Gasteiger partial charge in [0.05, 0.1) is 0 Å². The number of rotatable bonds is 2. The second-order valence-electron chi connectivity index (χ2n) is 6.01. The Morgan fingerprint density at radius 3 is 2.00 bits per heavy atom. The van der Waals surface area contributed by atoms with Crippen LogP contribution in [-0.2, 0) is 5.41 Å². The third kappa shape index (κ3) is 1.09. The van der Waals surface area contributed by atoms with Crippen molar-refractivity contribution in [3.05, 3.63) is 34.4 Å². The van der Waals surface area contributed by atoms with Gasteiger partial charge in [-0.25, -0.2) is 0 Å². The van der Waals surface area contributed by atoms with Crippen LogP contribution in [-0.4, -0.2) is 5.54 Å². The molecule has 0 heterocycles. The SMILES string of the molecule is Cc1cc(C)c(C23CC(NN)(C2)C3)c(C)c1. The Morgan fingerprint density at radius 1 is 1.06 bits per heavy atom. The van der Waals surface area contributed by atoms with Gasteiger partial charge in [0.2, 0.25) is 0 Å². The molecule has 4 rings (SSSR count). The molecule has 2 heteroatoms. The lowest BCUT2D eigenvalue weighted by atomic mass is 9.37. The van der Waals surface area contributed by atoms with Crippen LogP contribution in [0.2, 0.25) is 0 Å². The van der Waals surface area contributed by atoms with E-state index in [0.29, 0.717) is 5.41 Å². The monoisotopic (exact) mass is 216 g/mol. The summed E-state index contributed by atoms with van der Waals surface area (Å²) in [5, 5.41) is 0. The van der Waals surface area contributed by atoms with Crippen LogP contribution in [0.5, 0.6) is 0 Å². The Morgan fingerprint density at radius 2 is 1.56 bits per heavy atom. The average Bonchev–Trinajstić information content (AvgIpc) is 2.05. The molecule has 16 heavy (non-hydrogen) atoms. The molecule has 0 saturated heterocycles. The van der Waals surface area contributed by atoms with E-state index in [1.54, 1.807) is 5.56 Å². The second-order valence-corrected chi connectivity index (χ2v) is 6.01. The summed E-state index contributed by atoms with van der Waals surface area (Å²) in [7, 11) is 0. The summed E-state index contributed by atoms with van der Waals surface area (Å²) in [5.41, 5.74) is 9.61. The van der Waals surface area contributed by atoms with E-state index in [1.807, 2.05) is 0 Å². The summed E-state index contributed by atoms with van der Waals surface area (Å²) >= 11 is 0. The van der Waals surface area contributed by atoms with E-state index in [1.165, 1.54) is 36.0 Å². The standard InChI is InChI=1S/C14H20N2/c1-9-4-10(2)12(11(3)5-9)13-6-14(7-13,8-13)16-15/h4-5,16H,6-8,15H2,1-3H3. The summed E-state index contributed by atoms with van der Waals surface area (Å²) in [5.74, 6) is 5.59.